The first-order valence-corrected chi connectivity index (χ1v) is 4.83. The van der Waals surface area contributed by atoms with Crippen LogP contribution < -0.4 is 10.6 Å². The summed E-state index contributed by atoms with van der Waals surface area (Å²) in [7, 11) is 1.26. The summed E-state index contributed by atoms with van der Waals surface area (Å²) >= 11 is 0. The predicted octanol–water partition coefficient (Wildman–Crippen LogP) is -0.631. The minimum Gasteiger partial charge on any atom is -0.476 e. The molecule has 0 spiro atoms. The van der Waals surface area contributed by atoms with E-state index in [1.165, 1.54) is 7.05 Å². The lowest BCUT2D eigenvalue weighted by molar-refractivity contribution is -0.120. The van der Waals surface area contributed by atoms with E-state index in [9.17, 15) is 23.2 Å². The number of carbonyl (C=O) groups is 3. The average Bonchev–Trinajstić information content (AvgIpc) is 2.72. The fourth-order valence-corrected chi connectivity index (χ4v) is 1.17. The molecule has 3 N–H and O–H groups in total. The van der Waals surface area contributed by atoms with E-state index in [0.717, 1.165) is 0 Å². The third kappa shape index (κ3) is 3.43. The van der Waals surface area contributed by atoms with E-state index in [1.807, 2.05) is 5.32 Å². The van der Waals surface area contributed by atoms with Crippen LogP contribution >= 0.6 is 0 Å². The molecule has 3 amide bonds. The van der Waals surface area contributed by atoms with Gasteiger partial charge in [-0.3, -0.25) is 10.1 Å². The highest BCUT2D eigenvalue weighted by molar-refractivity contribution is 5.94. The maximum atomic E-state index is 12.7. The van der Waals surface area contributed by atoms with E-state index >= 15 is 0 Å². The van der Waals surface area contributed by atoms with Crippen LogP contribution in [0, 0.1) is 0 Å². The molecule has 0 saturated carbocycles. The highest BCUT2D eigenvalue weighted by Gasteiger charge is 2.27. The zero-order valence-corrected chi connectivity index (χ0v) is 9.55. The number of carboxylic acid groups (broad SMARTS) is 1. The number of nitrogens with zero attached hydrogens (tertiary/aromatic N) is 3. The van der Waals surface area contributed by atoms with Crippen molar-refractivity contribution in [3.63, 3.8) is 0 Å². The average molecular weight is 277 g/mol. The van der Waals surface area contributed by atoms with Crippen molar-refractivity contribution in [3.8, 4) is 0 Å². The van der Waals surface area contributed by atoms with E-state index in [1.54, 1.807) is 0 Å². The normalized spacial score (nSPS) is 10.3. The van der Waals surface area contributed by atoms with Gasteiger partial charge in [-0.2, -0.15) is 0 Å². The molecule has 104 valence electrons. The fourth-order valence-electron chi connectivity index (χ4n) is 1.17. The Morgan fingerprint density at radius 1 is 1.42 bits per heavy atom. The van der Waals surface area contributed by atoms with Gasteiger partial charge in [0.05, 0.1) is 0 Å². The Balaban J connectivity index is 2.93. The second kappa shape index (κ2) is 5.84. The molecule has 0 unspecified atom stereocenters. The van der Waals surface area contributed by atoms with E-state index < -0.39 is 42.3 Å². The maximum absolute atomic E-state index is 12.7. The zero-order valence-electron chi connectivity index (χ0n) is 9.55. The summed E-state index contributed by atoms with van der Waals surface area (Å²) in [6.07, 6.45) is -3.17. The van der Waals surface area contributed by atoms with Crippen molar-refractivity contribution >= 4 is 17.9 Å². The molecule has 1 rings (SSSR count). The maximum Gasteiger partial charge on any atom is 0.358 e. The van der Waals surface area contributed by atoms with Gasteiger partial charge in [-0.25, -0.2) is 23.1 Å². The molecule has 9 nitrogen and oxygen atoms in total. The first-order chi connectivity index (χ1) is 8.86. The Kier molecular flexibility index (Phi) is 4.45. The molecule has 1 aromatic rings. The number of rotatable bonds is 4. The molecule has 0 radical (unpaired) electrons. The Hall–Kier alpha value is -2.59. The molecule has 0 aliphatic rings. The number of hydrogen-bond donors (Lipinski definition) is 3. The van der Waals surface area contributed by atoms with Crippen LogP contribution in [0.3, 0.4) is 0 Å². The first-order valence-electron chi connectivity index (χ1n) is 4.83. The van der Waals surface area contributed by atoms with Gasteiger partial charge in [-0.05, 0) is 0 Å². The van der Waals surface area contributed by atoms with Crippen LogP contribution in [0.2, 0.25) is 0 Å². The Labute approximate surface area is 104 Å². The van der Waals surface area contributed by atoms with Crippen molar-refractivity contribution in [2.24, 2.45) is 0 Å². The number of carboxylic acids is 1. The Morgan fingerprint density at radius 2 is 2.05 bits per heavy atom. The molecule has 0 aromatic carbocycles. The van der Waals surface area contributed by atoms with Gasteiger partial charge >= 0.3 is 12.0 Å². The SMILES string of the molecule is CNC(=O)NC(=O)Cn1nnc(C(=O)O)c1C(F)F. The minimum atomic E-state index is -3.17. The van der Waals surface area contributed by atoms with Gasteiger partial charge in [0.2, 0.25) is 5.91 Å². The molecule has 0 fully saturated rings. The van der Waals surface area contributed by atoms with Crippen LogP contribution in [0.15, 0.2) is 0 Å². The molecule has 1 heterocycles. The van der Waals surface area contributed by atoms with Crippen molar-refractivity contribution in [2.45, 2.75) is 13.0 Å². The van der Waals surface area contributed by atoms with Gasteiger partial charge in [0.25, 0.3) is 6.43 Å². The van der Waals surface area contributed by atoms with Crippen LogP contribution in [-0.2, 0) is 11.3 Å². The standard InChI is InChI=1S/C8H9F2N5O4/c1-11-8(19)12-3(16)2-15-5(6(9)10)4(7(17)18)13-14-15/h6H,2H2,1H3,(H,17,18)(H2,11,12,16,19). The second-order valence-electron chi connectivity index (χ2n) is 3.21. The number of imide groups is 1. The number of carbonyl (C=O) groups excluding carboxylic acids is 2. The number of hydrogen-bond acceptors (Lipinski definition) is 5. The quantitative estimate of drug-likeness (QED) is 0.672. The van der Waals surface area contributed by atoms with E-state index in [4.69, 9.17) is 5.11 Å². The topological polar surface area (TPSA) is 126 Å². The highest BCUT2D eigenvalue weighted by Crippen LogP contribution is 2.21. The molecule has 19 heavy (non-hydrogen) atoms. The number of aromatic nitrogens is 3. The lowest BCUT2D eigenvalue weighted by Crippen LogP contribution is -2.39. The smallest absolute Gasteiger partial charge is 0.358 e. The number of alkyl halides is 2. The van der Waals surface area contributed by atoms with Crippen molar-refractivity contribution < 1.29 is 28.3 Å². The summed E-state index contributed by atoms with van der Waals surface area (Å²) in [5.41, 5.74) is -1.94. The van der Waals surface area contributed by atoms with E-state index in [2.05, 4.69) is 15.6 Å². The van der Waals surface area contributed by atoms with Crippen molar-refractivity contribution in [2.75, 3.05) is 7.05 Å². The molecule has 0 saturated heterocycles. The largest absolute Gasteiger partial charge is 0.476 e. The summed E-state index contributed by atoms with van der Waals surface area (Å²) in [6, 6.07) is -0.831. The van der Waals surface area contributed by atoms with Crippen LogP contribution in [0.25, 0.3) is 0 Å². The lowest BCUT2D eigenvalue weighted by atomic mass is 10.3. The third-order valence-electron chi connectivity index (χ3n) is 1.96. The van der Waals surface area contributed by atoms with Gasteiger partial charge in [-0.1, -0.05) is 5.21 Å². The van der Waals surface area contributed by atoms with Crippen LogP contribution in [0.5, 0.6) is 0 Å². The third-order valence-corrected chi connectivity index (χ3v) is 1.96. The fraction of sp³-hybridized carbons (Fsp3) is 0.375. The number of urea groups is 1. The molecular formula is C8H9F2N5O4. The van der Waals surface area contributed by atoms with Gasteiger partial charge < -0.3 is 10.4 Å². The summed E-state index contributed by atoms with van der Waals surface area (Å²) < 4.78 is 25.8. The predicted molar refractivity (Wildman–Crippen MR) is 54.5 cm³/mol. The number of halogens is 2. The van der Waals surface area contributed by atoms with Crippen LogP contribution in [-0.4, -0.2) is 45.1 Å². The zero-order chi connectivity index (χ0) is 14.6. The van der Waals surface area contributed by atoms with Crippen molar-refractivity contribution in [1.82, 2.24) is 25.6 Å². The molecule has 1 aromatic heterocycles. The number of amides is 3. The molecular weight excluding hydrogens is 268 g/mol. The van der Waals surface area contributed by atoms with Crippen molar-refractivity contribution in [3.05, 3.63) is 11.4 Å². The van der Waals surface area contributed by atoms with Gasteiger partial charge in [0, 0.05) is 7.05 Å². The monoisotopic (exact) mass is 277 g/mol. The van der Waals surface area contributed by atoms with Gasteiger partial charge in [0.1, 0.15) is 12.2 Å². The summed E-state index contributed by atoms with van der Waals surface area (Å²) in [4.78, 5) is 32.7. The molecule has 0 aliphatic heterocycles. The second-order valence-corrected chi connectivity index (χ2v) is 3.21. The van der Waals surface area contributed by atoms with E-state index in [-0.39, 0.29) is 0 Å². The Bertz CT molecular complexity index is 515. The van der Waals surface area contributed by atoms with E-state index in [0.29, 0.717) is 4.68 Å². The van der Waals surface area contributed by atoms with Crippen LogP contribution in [0.4, 0.5) is 13.6 Å². The summed E-state index contributed by atoms with van der Waals surface area (Å²) in [5.74, 6) is -2.63. The van der Waals surface area contributed by atoms with Gasteiger partial charge in [-0.15, -0.1) is 5.10 Å². The molecule has 11 heteroatoms. The van der Waals surface area contributed by atoms with Crippen molar-refractivity contribution in [1.29, 1.82) is 0 Å². The number of nitrogens with one attached hydrogen (secondary N) is 2. The minimum absolute atomic E-state index is 0.423. The van der Waals surface area contributed by atoms with Crippen LogP contribution in [0.1, 0.15) is 22.6 Å². The van der Waals surface area contributed by atoms with Gasteiger partial charge in [0.15, 0.2) is 5.69 Å². The summed E-state index contributed by atoms with van der Waals surface area (Å²) in [6.45, 7) is -0.757. The molecule has 0 aliphatic carbocycles. The molecule has 0 atom stereocenters. The Morgan fingerprint density at radius 3 is 2.53 bits per heavy atom. The highest BCUT2D eigenvalue weighted by atomic mass is 19.3. The first kappa shape index (κ1) is 14.5. The number of aromatic carboxylic acids is 1. The molecule has 0 bridgehead atoms. The summed E-state index contributed by atoms with van der Waals surface area (Å²) in [5, 5.41) is 18.7. The lowest BCUT2D eigenvalue weighted by Gasteiger charge is -2.06.